The molecule has 2 heterocycles. The van der Waals surface area contributed by atoms with Gasteiger partial charge in [-0.2, -0.15) is 10.2 Å². The summed E-state index contributed by atoms with van der Waals surface area (Å²) in [5.74, 6) is -0.532. The van der Waals surface area contributed by atoms with E-state index < -0.39 is 5.91 Å². The number of aromatic nitrogens is 4. The molecule has 0 aliphatic rings. The quantitative estimate of drug-likeness (QED) is 0.778. The zero-order valence-electron chi connectivity index (χ0n) is 13.4. The maximum atomic E-state index is 12.5. The first kappa shape index (κ1) is 15.0. The summed E-state index contributed by atoms with van der Waals surface area (Å²) in [6, 6.07) is 7.07. The number of benzene rings is 1. The number of nitrogens with one attached hydrogen (secondary N) is 1. The number of aryl methyl sites for hydroxylation is 3. The van der Waals surface area contributed by atoms with Crippen LogP contribution in [0.5, 0.6) is 0 Å². The van der Waals surface area contributed by atoms with Crippen LogP contribution in [0.2, 0.25) is 0 Å². The van der Waals surface area contributed by atoms with Gasteiger partial charge in [0.05, 0.1) is 22.6 Å². The second kappa shape index (κ2) is 5.35. The molecule has 0 bridgehead atoms. The van der Waals surface area contributed by atoms with Crippen molar-refractivity contribution in [1.29, 1.82) is 0 Å². The molecule has 0 fully saturated rings. The third kappa shape index (κ3) is 2.40. The van der Waals surface area contributed by atoms with Crippen LogP contribution >= 0.6 is 0 Å². The highest BCUT2D eigenvalue weighted by molar-refractivity contribution is 6.04. The molecule has 0 radical (unpaired) electrons. The minimum atomic E-state index is -0.532. The minimum Gasteiger partial charge on any atom is -0.317 e. The topological polar surface area (TPSA) is 81.8 Å². The van der Waals surface area contributed by atoms with Crippen molar-refractivity contribution in [2.75, 3.05) is 5.32 Å². The second-order valence-corrected chi connectivity index (χ2v) is 5.44. The van der Waals surface area contributed by atoms with Crippen LogP contribution in [0.25, 0.3) is 10.9 Å². The summed E-state index contributed by atoms with van der Waals surface area (Å²) in [6.45, 7) is 3.65. The predicted molar refractivity (Wildman–Crippen MR) is 87.6 cm³/mol. The van der Waals surface area contributed by atoms with Crippen molar-refractivity contribution in [2.24, 2.45) is 14.1 Å². The van der Waals surface area contributed by atoms with Crippen LogP contribution in [0.3, 0.4) is 0 Å². The van der Waals surface area contributed by atoms with Crippen LogP contribution in [0.15, 0.2) is 29.1 Å². The van der Waals surface area contributed by atoms with Gasteiger partial charge < -0.3 is 5.32 Å². The zero-order valence-corrected chi connectivity index (χ0v) is 13.4. The Morgan fingerprint density at radius 2 is 1.78 bits per heavy atom. The Morgan fingerprint density at radius 1 is 1.09 bits per heavy atom. The maximum Gasteiger partial charge on any atom is 0.280 e. The fourth-order valence-corrected chi connectivity index (χ4v) is 2.60. The lowest BCUT2D eigenvalue weighted by molar-refractivity contribution is 0.101. The molecule has 3 rings (SSSR count). The van der Waals surface area contributed by atoms with E-state index in [1.54, 1.807) is 43.9 Å². The Bertz CT molecular complexity index is 984. The van der Waals surface area contributed by atoms with Gasteiger partial charge in [0.15, 0.2) is 5.69 Å². The standard InChI is InChI=1S/C16H17N5O2/c1-9-13(10(2)20(3)18-9)17-16(23)14-15(22)11-7-5-6-8-12(11)21(4)19-14/h5-8H,1-4H3,(H,17,23). The number of carbonyl (C=O) groups excluding carboxylic acids is 1. The number of carbonyl (C=O) groups is 1. The molecule has 7 heteroatoms. The molecule has 0 atom stereocenters. The van der Waals surface area contributed by atoms with E-state index >= 15 is 0 Å². The molecule has 1 N–H and O–H groups in total. The Hall–Kier alpha value is -2.96. The number of amides is 1. The highest BCUT2D eigenvalue weighted by Crippen LogP contribution is 2.19. The van der Waals surface area contributed by atoms with Crippen LogP contribution in [0.1, 0.15) is 21.9 Å². The van der Waals surface area contributed by atoms with Crippen LogP contribution < -0.4 is 10.7 Å². The molecule has 0 spiro atoms. The van der Waals surface area contributed by atoms with Gasteiger partial charge in [0.1, 0.15) is 0 Å². The third-order valence-corrected chi connectivity index (χ3v) is 3.93. The predicted octanol–water partition coefficient (Wildman–Crippen LogP) is 1.54. The summed E-state index contributed by atoms with van der Waals surface area (Å²) in [4.78, 5) is 25.1. The van der Waals surface area contributed by atoms with Crippen LogP contribution in [0, 0.1) is 13.8 Å². The van der Waals surface area contributed by atoms with Crippen molar-refractivity contribution < 1.29 is 4.79 Å². The number of hydrogen-bond donors (Lipinski definition) is 1. The smallest absolute Gasteiger partial charge is 0.280 e. The lowest BCUT2D eigenvalue weighted by Crippen LogP contribution is -2.26. The molecular formula is C16H17N5O2. The van der Waals surface area contributed by atoms with E-state index in [0.29, 0.717) is 22.3 Å². The lowest BCUT2D eigenvalue weighted by atomic mass is 10.2. The molecule has 0 saturated heterocycles. The van der Waals surface area contributed by atoms with Crippen molar-refractivity contribution in [2.45, 2.75) is 13.8 Å². The van der Waals surface area contributed by atoms with Gasteiger partial charge in [-0.25, -0.2) is 0 Å². The summed E-state index contributed by atoms with van der Waals surface area (Å²) >= 11 is 0. The second-order valence-electron chi connectivity index (χ2n) is 5.44. The van der Waals surface area contributed by atoms with Gasteiger partial charge in [-0.05, 0) is 26.0 Å². The van der Waals surface area contributed by atoms with Gasteiger partial charge in [-0.1, -0.05) is 12.1 Å². The third-order valence-electron chi connectivity index (χ3n) is 3.93. The first-order valence-corrected chi connectivity index (χ1v) is 7.17. The fraction of sp³-hybridized carbons (Fsp3) is 0.250. The normalized spacial score (nSPS) is 11.0. The Balaban J connectivity index is 2.08. The molecule has 23 heavy (non-hydrogen) atoms. The summed E-state index contributed by atoms with van der Waals surface area (Å²) < 4.78 is 3.21. The van der Waals surface area contributed by atoms with E-state index in [1.165, 1.54) is 4.68 Å². The molecule has 0 aliphatic carbocycles. The van der Waals surface area contributed by atoms with Crippen molar-refractivity contribution in [3.63, 3.8) is 0 Å². The minimum absolute atomic E-state index is 0.131. The van der Waals surface area contributed by atoms with Crippen LogP contribution in [-0.4, -0.2) is 25.5 Å². The summed E-state index contributed by atoms with van der Waals surface area (Å²) in [5.41, 5.74) is 2.28. The number of anilines is 1. The van der Waals surface area contributed by atoms with E-state index in [2.05, 4.69) is 15.5 Å². The van der Waals surface area contributed by atoms with Gasteiger partial charge >= 0.3 is 0 Å². The zero-order chi connectivity index (χ0) is 16.7. The van der Waals surface area contributed by atoms with Crippen molar-refractivity contribution in [3.8, 4) is 0 Å². The lowest BCUT2D eigenvalue weighted by Gasteiger charge is -2.08. The summed E-state index contributed by atoms with van der Waals surface area (Å²) in [7, 11) is 3.50. The Morgan fingerprint density at radius 3 is 2.43 bits per heavy atom. The van der Waals surface area contributed by atoms with Crippen molar-refractivity contribution in [3.05, 3.63) is 51.6 Å². The SMILES string of the molecule is Cc1nn(C)c(C)c1NC(=O)c1nn(C)c2ccccc2c1=O. The van der Waals surface area contributed by atoms with Gasteiger partial charge in [0.25, 0.3) is 5.91 Å². The largest absolute Gasteiger partial charge is 0.317 e. The molecule has 1 aromatic carbocycles. The first-order valence-electron chi connectivity index (χ1n) is 7.17. The number of nitrogens with zero attached hydrogens (tertiary/aromatic N) is 4. The van der Waals surface area contributed by atoms with Crippen LogP contribution in [-0.2, 0) is 14.1 Å². The molecule has 2 aromatic heterocycles. The average Bonchev–Trinajstić information content (AvgIpc) is 2.77. The van der Waals surface area contributed by atoms with E-state index in [-0.39, 0.29) is 11.1 Å². The molecule has 0 aliphatic heterocycles. The number of fused-ring (bicyclic) bond motifs is 1. The molecule has 0 unspecified atom stereocenters. The van der Waals surface area contributed by atoms with Crippen molar-refractivity contribution >= 4 is 22.5 Å². The van der Waals surface area contributed by atoms with E-state index in [9.17, 15) is 9.59 Å². The Labute approximate surface area is 132 Å². The average molecular weight is 311 g/mol. The van der Waals surface area contributed by atoms with E-state index in [0.717, 1.165) is 5.69 Å². The van der Waals surface area contributed by atoms with E-state index in [4.69, 9.17) is 0 Å². The molecule has 7 nitrogen and oxygen atoms in total. The fourth-order valence-electron chi connectivity index (χ4n) is 2.60. The van der Waals surface area contributed by atoms with Gasteiger partial charge in [0, 0.05) is 19.5 Å². The molecule has 3 aromatic rings. The molecule has 0 saturated carbocycles. The monoisotopic (exact) mass is 311 g/mol. The number of rotatable bonds is 2. The number of hydrogen-bond acceptors (Lipinski definition) is 4. The molecular weight excluding hydrogens is 294 g/mol. The van der Waals surface area contributed by atoms with Crippen LogP contribution in [0.4, 0.5) is 5.69 Å². The molecule has 118 valence electrons. The van der Waals surface area contributed by atoms with E-state index in [1.807, 2.05) is 13.0 Å². The summed E-state index contributed by atoms with van der Waals surface area (Å²) in [5, 5.41) is 11.6. The first-order chi connectivity index (χ1) is 10.9. The summed E-state index contributed by atoms with van der Waals surface area (Å²) in [6.07, 6.45) is 0. The highest BCUT2D eigenvalue weighted by Gasteiger charge is 2.19. The van der Waals surface area contributed by atoms with Gasteiger partial charge in [0.2, 0.25) is 5.43 Å². The van der Waals surface area contributed by atoms with Gasteiger partial charge in [-0.3, -0.25) is 19.0 Å². The highest BCUT2D eigenvalue weighted by atomic mass is 16.2. The van der Waals surface area contributed by atoms with Crippen molar-refractivity contribution in [1.82, 2.24) is 19.6 Å². The Kier molecular flexibility index (Phi) is 3.48. The maximum absolute atomic E-state index is 12.5. The molecule has 1 amide bonds. The van der Waals surface area contributed by atoms with Gasteiger partial charge in [-0.15, -0.1) is 0 Å². The number of para-hydroxylation sites is 1.